The highest BCUT2D eigenvalue weighted by Gasteiger charge is 2.47. The van der Waals surface area contributed by atoms with Gasteiger partial charge in [-0.2, -0.15) is 10.0 Å². The van der Waals surface area contributed by atoms with Gasteiger partial charge in [-0.25, -0.2) is 0 Å². The predicted molar refractivity (Wildman–Crippen MR) is 248 cm³/mol. The molecule has 0 atom stereocenters. The maximum Gasteiger partial charge on any atom is 0.281 e. The molecule has 0 saturated heterocycles. The van der Waals surface area contributed by atoms with E-state index in [1.54, 1.807) is 72.8 Å². The van der Waals surface area contributed by atoms with Crippen LogP contribution in [0.3, 0.4) is 0 Å². The molecule has 12 heteroatoms. The molecule has 66 heavy (non-hydrogen) atoms. The summed E-state index contributed by atoms with van der Waals surface area (Å²) in [5.41, 5.74) is 2.25. The molecule has 10 aromatic rings. The molecule has 0 N–H and O–H groups in total. The normalized spacial score (nSPS) is 16.1. The summed E-state index contributed by atoms with van der Waals surface area (Å²) in [6.07, 6.45) is 1.24. The summed E-state index contributed by atoms with van der Waals surface area (Å²) in [5.74, 6) is -4.77. The minimum atomic E-state index is -0.842. The van der Waals surface area contributed by atoms with Crippen LogP contribution in [-0.4, -0.2) is 80.2 Å². The van der Waals surface area contributed by atoms with Gasteiger partial charge < -0.3 is 0 Å². The molecule has 0 saturated carbocycles. The fraction of sp³-hybridized carbons (Fsp3) is 0.111. The number of hydrogen-bond acceptors (Lipinski definition) is 8. The molecule has 0 unspecified atom stereocenters. The molecular weight excluding hydrogens is 833 g/mol. The summed E-state index contributed by atoms with van der Waals surface area (Å²) in [7, 11) is 0. The lowest BCUT2D eigenvalue weighted by Crippen LogP contribution is -2.58. The van der Waals surface area contributed by atoms with Gasteiger partial charge in [0.05, 0.1) is 22.3 Å². The molecule has 10 aromatic carbocycles. The van der Waals surface area contributed by atoms with E-state index in [-0.39, 0.29) is 45.9 Å². The fourth-order valence-electron chi connectivity index (χ4n) is 11.8. The second kappa shape index (κ2) is 12.1. The summed E-state index contributed by atoms with van der Waals surface area (Å²) in [4.78, 5) is 117. The molecule has 14 rings (SSSR count). The Bertz CT molecular complexity index is 3660. The number of hydrazine groups is 1. The lowest BCUT2D eigenvalue weighted by atomic mass is 9.82. The van der Waals surface area contributed by atoms with Crippen LogP contribution in [0.1, 0.15) is 110 Å². The monoisotopic (exact) mass is 862 g/mol. The van der Waals surface area contributed by atoms with Crippen molar-refractivity contribution in [3.05, 3.63) is 142 Å². The number of amides is 8. The molecule has 314 valence electrons. The van der Waals surface area contributed by atoms with Gasteiger partial charge in [-0.05, 0) is 126 Å². The molecule has 0 radical (unpaired) electrons. The summed E-state index contributed by atoms with van der Waals surface area (Å²) in [6, 6.07) is 27.8. The molecule has 0 fully saturated rings. The maximum atomic E-state index is 14.8. The van der Waals surface area contributed by atoms with E-state index in [0.29, 0.717) is 112 Å². The Labute approximate surface area is 371 Å². The molecule has 12 nitrogen and oxygen atoms in total. The molecular formula is C54H30N4O8. The van der Waals surface area contributed by atoms with Crippen molar-refractivity contribution in [2.45, 2.75) is 26.7 Å². The van der Waals surface area contributed by atoms with Crippen molar-refractivity contribution in [1.82, 2.24) is 19.8 Å². The Balaban J connectivity index is 0.917. The zero-order chi connectivity index (χ0) is 44.9. The number of benzene rings is 10. The number of carbonyl (C=O) groups excluding carboxylic acids is 8. The minimum Gasteiger partial charge on any atom is -0.274 e. The molecule has 0 aliphatic carbocycles. The average molecular weight is 863 g/mol. The Morgan fingerprint density at radius 2 is 0.439 bits per heavy atom. The number of rotatable bonds is 5. The van der Waals surface area contributed by atoms with Gasteiger partial charge in [-0.15, -0.1) is 0 Å². The third-order valence-corrected chi connectivity index (χ3v) is 14.5. The third-order valence-electron chi connectivity index (χ3n) is 14.5. The van der Waals surface area contributed by atoms with Gasteiger partial charge in [-0.3, -0.25) is 48.2 Å². The highest BCUT2D eigenvalue weighted by atomic mass is 16.2. The first-order valence-electron chi connectivity index (χ1n) is 22.0. The maximum absolute atomic E-state index is 14.8. The predicted octanol–water partition coefficient (Wildman–Crippen LogP) is 9.61. The van der Waals surface area contributed by atoms with Gasteiger partial charge in [0.25, 0.3) is 47.3 Å². The van der Waals surface area contributed by atoms with Gasteiger partial charge in [0, 0.05) is 56.9 Å². The van der Waals surface area contributed by atoms with E-state index in [2.05, 4.69) is 0 Å². The minimum absolute atomic E-state index is 0.128. The van der Waals surface area contributed by atoms with E-state index in [0.717, 1.165) is 32.3 Å². The van der Waals surface area contributed by atoms with Gasteiger partial charge in [0.2, 0.25) is 0 Å². The molecule has 0 spiro atoms. The third kappa shape index (κ3) is 4.03. The van der Waals surface area contributed by atoms with E-state index < -0.39 is 23.6 Å². The summed E-state index contributed by atoms with van der Waals surface area (Å²) in [5, 5.41) is 11.8. The quantitative estimate of drug-likeness (QED) is 0.0944. The SMILES string of the molecule is CCCN1C(=O)c2ccc3c4ccc5c6c(ccc(c7ccc(c2c37)C1=O)c64)C(=O)N(N1C(=O)c2ccc3c4ccc6c7c(ccc(c8ccc(c2c38)C1=O)c74)C(=O)N(CCC)C6=O)C5=O. The largest absolute Gasteiger partial charge is 0.281 e. The first kappa shape index (κ1) is 36.8. The molecule has 8 amide bonds. The second-order valence-corrected chi connectivity index (χ2v) is 17.7. The molecule has 0 bridgehead atoms. The lowest BCUT2D eigenvalue weighted by Gasteiger charge is -2.37. The van der Waals surface area contributed by atoms with Crippen molar-refractivity contribution in [1.29, 1.82) is 0 Å². The molecule has 0 aromatic heterocycles. The topological polar surface area (TPSA) is 150 Å². The van der Waals surface area contributed by atoms with Crippen molar-refractivity contribution in [3.63, 3.8) is 0 Å². The summed E-state index contributed by atoms with van der Waals surface area (Å²) < 4.78 is 0. The van der Waals surface area contributed by atoms with Gasteiger partial charge in [-0.1, -0.05) is 62.4 Å². The zero-order valence-electron chi connectivity index (χ0n) is 35.1. The summed E-state index contributed by atoms with van der Waals surface area (Å²) in [6.45, 7) is 4.43. The van der Waals surface area contributed by atoms with E-state index in [4.69, 9.17) is 0 Å². The lowest BCUT2D eigenvalue weighted by molar-refractivity contribution is 0.00213. The number of hydrogen-bond donors (Lipinski definition) is 0. The first-order valence-corrected chi connectivity index (χ1v) is 22.0. The van der Waals surface area contributed by atoms with Crippen LogP contribution in [0.2, 0.25) is 0 Å². The standard InChI is InChI=1S/C54H30N4O8/c1-3-21-55-47(59)31-13-5-23-27-9-17-35-45-36(18-10-28(41(27)45)24-6-14-32(48(55)60)43(31)39(23)24)52(64)57(51(35)63)58-53(65)37-19-11-29-25-7-15-33-44-34(50(62)56(22-4-2)49(33)61)16-8-26(40(25)44)30-12-20-38(54(58)66)46(37)42(29)30/h5-20H,3-4,21-22H2,1-2H3. The molecule has 4 aliphatic heterocycles. The Morgan fingerprint density at radius 1 is 0.258 bits per heavy atom. The van der Waals surface area contributed by atoms with Crippen LogP contribution in [-0.2, 0) is 0 Å². The fourth-order valence-corrected chi connectivity index (χ4v) is 11.8. The highest BCUT2D eigenvalue weighted by molar-refractivity contribution is 6.44. The summed E-state index contributed by atoms with van der Waals surface area (Å²) >= 11 is 0. The Hall–Kier alpha value is -8.64. The first-order chi connectivity index (χ1) is 32.0. The molecule has 4 aliphatic rings. The van der Waals surface area contributed by atoms with Crippen LogP contribution < -0.4 is 0 Å². The van der Waals surface area contributed by atoms with E-state index in [1.807, 2.05) is 38.1 Å². The Morgan fingerprint density at radius 3 is 0.621 bits per heavy atom. The van der Waals surface area contributed by atoms with Crippen molar-refractivity contribution in [3.8, 4) is 0 Å². The van der Waals surface area contributed by atoms with E-state index in [1.165, 1.54) is 9.80 Å². The van der Waals surface area contributed by atoms with Crippen molar-refractivity contribution in [2.24, 2.45) is 0 Å². The second-order valence-electron chi connectivity index (χ2n) is 17.7. The number of carbonyl (C=O) groups is 8. The number of nitrogens with zero attached hydrogens (tertiary/aromatic N) is 4. The van der Waals surface area contributed by atoms with Crippen LogP contribution in [0.5, 0.6) is 0 Å². The van der Waals surface area contributed by atoms with Crippen LogP contribution in [0, 0.1) is 0 Å². The number of fused-ring (bicyclic) bond motifs is 4. The van der Waals surface area contributed by atoms with Crippen molar-refractivity contribution in [2.75, 3.05) is 13.1 Å². The van der Waals surface area contributed by atoms with Crippen molar-refractivity contribution < 1.29 is 38.4 Å². The van der Waals surface area contributed by atoms with Crippen LogP contribution in [0.4, 0.5) is 0 Å². The van der Waals surface area contributed by atoms with Crippen LogP contribution in [0.25, 0.3) is 86.2 Å². The average Bonchev–Trinajstić information content (AvgIpc) is 3.33. The highest BCUT2D eigenvalue weighted by Crippen LogP contribution is 2.49. The van der Waals surface area contributed by atoms with Gasteiger partial charge in [0.15, 0.2) is 0 Å². The van der Waals surface area contributed by atoms with Crippen molar-refractivity contribution >= 4 is 133 Å². The smallest absolute Gasteiger partial charge is 0.274 e. The Kier molecular flexibility index (Phi) is 6.76. The van der Waals surface area contributed by atoms with Gasteiger partial charge in [0.1, 0.15) is 0 Å². The zero-order valence-corrected chi connectivity index (χ0v) is 35.1. The van der Waals surface area contributed by atoms with E-state index in [9.17, 15) is 38.4 Å². The number of imide groups is 4. The van der Waals surface area contributed by atoms with E-state index >= 15 is 0 Å². The van der Waals surface area contributed by atoms with Crippen LogP contribution >= 0.6 is 0 Å². The van der Waals surface area contributed by atoms with Gasteiger partial charge >= 0.3 is 0 Å². The molecule has 4 heterocycles. The van der Waals surface area contributed by atoms with Crippen LogP contribution in [0.15, 0.2) is 97.1 Å².